The predicted octanol–water partition coefficient (Wildman–Crippen LogP) is 2.18. The smallest absolute Gasteiger partial charge is 0.221 e. The lowest BCUT2D eigenvalue weighted by atomic mass is 10.0. The fourth-order valence-corrected chi connectivity index (χ4v) is 3.56. The SMILES string of the molecule is COc1ccc(CCNC(=O)CC(NS(C)(=O)=O)c2ccc(F)cc2)cc1OC. The molecule has 2 aromatic rings. The van der Waals surface area contributed by atoms with E-state index < -0.39 is 21.9 Å². The van der Waals surface area contributed by atoms with E-state index in [-0.39, 0.29) is 12.3 Å². The lowest BCUT2D eigenvalue weighted by Gasteiger charge is -2.18. The van der Waals surface area contributed by atoms with E-state index in [1.807, 2.05) is 12.1 Å². The van der Waals surface area contributed by atoms with Crippen LogP contribution in [0.1, 0.15) is 23.6 Å². The maximum absolute atomic E-state index is 13.1. The Hall–Kier alpha value is -2.65. The van der Waals surface area contributed by atoms with E-state index in [4.69, 9.17) is 9.47 Å². The summed E-state index contributed by atoms with van der Waals surface area (Å²) >= 11 is 0. The summed E-state index contributed by atoms with van der Waals surface area (Å²) in [5.74, 6) is 0.460. The number of hydrogen-bond donors (Lipinski definition) is 2. The molecule has 7 nitrogen and oxygen atoms in total. The number of carbonyl (C=O) groups is 1. The van der Waals surface area contributed by atoms with E-state index in [9.17, 15) is 17.6 Å². The second-order valence-corrected chi connectivity index (χ2v) is 8.27. The standard InChI is InChI=1S/C20H25FN2O5S/c1-27-18-9-4-14(12-19(18)28-2)10-11-22-20(24)13-17(23-29(3,25)26)15-5-7-16(21)8-6-15/h4-9,12,17,23H,10-11,13H2,1-3H3,(H,22,24). The van der Waals surface area contributed by atoms with Crippen LogP contribution in [0.2, 0.25) is 0 Å². The minimum Gasteiger partial charge on any atom is -0.493 e. The van der Waals surface area contributed by atoms with Crippen LogP contribution in [0, 0.1) is 5.82 Å². The summed E-state index contributed by atoms with van der Waals surface area (Å²) in [6, 6.07) is 10.1. The van der Waals surface area contributed by atoms with Crippen LogP contribution in [-0.4, -0.2) is 41.3 Å². The highest BCUT2D eigenvalue weighted by molar-refractivity contribution is 7.88. The first-order chi connectivity index (χ1) is 13.7. The molecular formula is C20H25FN2O5S. The fourth-order valence-electron chi connectivity index (χ4n) is 2.82. The topological polar surface area (TPSA) is 93.7 Å². The van der Waals surface area contributed by atoms with E-state index in [1.165, 1.54) is 24.3 Å². The van der Waals surface area contributed by atoms with Crippen LogP contribution in [0.4, 0.5) is 4.39 Å². The molecule has 0 fully saturated rings. The second kappa shape index (κ2) is 10.2. The number of nitrogens with one attached hydrogen (secondary N) is 2. The van der Waals surface area contributed by atoms with E-state index in [1.54, 1.807) is 20.3 Å². The van der Waals surface area contributed by atoms with Gasteiger partial charge >= 0.3 is 0 Å². The Bertz CT molecular complexity index is 932. The molecule has 2 rings (SSSR count). The normalized spacial score (nSPS) is 12.3. The Morgan fingerprint density at radius 2 is 1.72 bits per heavy atom. The molecule has 2 N–H and O–H groups in total. The molecule has 158 valence electrons. The van der Waals surface area contributed by atoms with Gasteiger partial charge in [0.25, 0.3) is 0 Å². The molecule has 0 aliphatic heterocycles. The van der Waals surface area contributed by atoms with Crippen LogP contribution >= 0.6 is 0 Å². The minimum absolute atomic E-state index is 0.107. The summed E-state index contributed by atoms with van der Waals surface area (Å²) in [4.78, 5) is 12.3. The van der Waals surface area contributed by atoms with Gasteiger partial charge in [0.2, 0.25) is 15.9 Å². The number of halogens is 1. The summed E-state index contributed by atoms with van der Waals surface area (Å²) < 4.78 is 49.3. The van der Waals surface area contributed by atoms with Crippen molar-refractivity contribution in [2.24, 2.45) is 0 Å². The molecule has 0 heterocycles. The first kappa shape index (κ1) is 22.6. The van der Waals surface area contributed by atoms with Crippen molar-refractivity contribution in [2.75, 3.05) is 27.0 Å². The zero-order chi connectivity index (χ0) is 21.4. The summed E-state index contributed by atoms with van der Waals surface area (Å²) in [7, 11) is -0.450. The molecule has 0 saturated heterocycles. The highest BCUT2D eigenvalue weighted by Crippen LogP contribution is 2.27. The third-order valence-electron chi connectivity index (χ3n) is 4.20. The summed E-state index contributed by atoms with van der Waals surface area (Å²) in [6.07, 6.45) is 1.47. The van der Waals surface area contributed by atoms with Gasteiger partial charge in [-0.1, -0.05) is 18.2 Å². The van der Waals surface area contributed by atoms with E-state index in [0.717, 1.165) is 11.8 Å². The molecule has 0 spiro atoms. The lowest BCUT2D eigenvalue weighted by Crippen LogP contribution is -2.34. The first-order valence-corrected chi connectivity index (χ1v) is 10.8. The van der Waals surface area contributed by atoms with E-state index in [0.29, 0.717) is 30.0 Å². The van der Waals surface area contributed by atoms with Gasteiger partial charge in [0.15, 0.2) is 11.5 Å². The summed E-state index contributed by atoms with van der Waals surface area (Å²) in [5, 5.41) is 2.77. The van der Waals surface area contributed by atoms with Crippen LogP contribution in [0.15, 0.2) is 42.5 Å². The van der Waals surface area contributed by atoms with Gasteiger partial charge < -0.3 is 14.8 Å². The molecule has 1 unspecified atom stereocenters. The van der Waals surface area contributed by atoms with Gasteiger partial charge in [0.05, 0.1) is 26.5 Å². The number of carbonyl (C=O) groups excluding carboxylic acids is 1. The highest BCUT2D eigenvalue weighted by atomic mass is 32.2. The zero-order valence-electron chi connectivity index (χ0n) is 16.6. The quantitative estimate of drug-likeness (QED) is 0.610. The Morgan fingerprint density at radius 1 is 1.07 bits per heavy atom. The van der Waals surface area contributed by atoms with Gasteiger partial charge in [-0.25, -0.2) is 17.5 Å². The largest absolute Gasteiger partial charge is 0.493 e. The molecule has 0 aliphatic rings. The van der Waals surface area contributed by atoms with Crippen LogP contribution in [-0.2, 0) is 21.2 Å². The molecule has 1 amide bonds. The van der Waals surface area contributed by atoms with E-state index in [2.05, 4.69) is 10.0 Å². The summed E-state index contributed by atoms with van der Waals surface area (Å²) in [5.41, 5.74) is 1.46. The Kier molecular flexibility index (Phi) is 7.98. The number of benzene rings is 2. The molecule has 9 heteroatoms. The third-order valence-corrected chi connectivity index (χ3v) is 4.91. The second-order valence-electron chi connectivity index (χ2n) is 6.49. The van der Waals surface area contributed by atoms with Crippen LogP contribution in [0.3, 0.4) is 0 Å². The number of ether oxygens (including phenoxy) is 2. The molecular weight excluding hydrogens is 399 g/mol. The van der Waals surface area contributed by atoms with Crippen molar-refractivity contribution in [1.29, 1.82) is 0 Å². The number of sulfonamides is 1. The van der Waals surface area contributed by atoms with Gasteiger partial charge in [0.1, 0.15) is 5.82 Å². The average Bonchev–Trinajstić information content (AvgIpc) is 2.66. The van der Waals surface area contributed by atoms with Gasteiger partial charge in [-0.3, -0.25) is 4.79 Å². The van der Waals surface area contributed by atoms with E-state index >= 15 is 0 Å². The first-order valence-electron chi connectivity index (χ1n) is 8.92. The molecule has 0 radical (unpaired) electrons. The predicted molar refractivity (Wildman–Crippen MR) is 108 cm³/mol. The maximum atomic E-state index is 13.1. The molecule has 1 atom stereocenters. The molecule has 0 bridgehead atoms. The number of methoxy groups -OCH3 is 2. The van der Waals surface area contributed by atoms with Crippen LogP contribution in [0.5, 0.6) is 11.5 Å². The molecule has 0 aliphatic carbocycles. The van der Waals surface area contributed by atoms with Crippen molar-refractivity contribution in [1.82, 2.24) is 10.0 Å². The van der Waals surface area contributed by atoms with Crippen LogP contribution < -0.4 is 19.5 Å². The Labute approximate surface area is 170 Å². The molecule has 29 heavy (non-hydrogen) atoms. The summed E-state index contributed by atoms with van der Waals surface area (Å²) in [6.45, 7) is 0.364. The number of rotatable bonds is 10. The van der Waals surface area contributed by atoms with Gasteiger partial charge in [-0.15, -0.1) is 0 Å². The van der Waals surface area contributed by atoms with Gasteiger partial charge in [-0.05, 0) is 41.8 Å². The maximum Gasteiger partial charge on any atom is 0.221 e. The lowest BCUT2D eigenvalue weighted by molar-refractivity contribution is -0.121. The Morgan fingerprint density at radius 3 is 2.31 bits per heavy atom. The molecule has 2 aromatic carbocycles. The number of amides is 1. The molecule has 0 saturated carbocycles. The average molecular weight is 424 g/mol. The molecule has 0 aromatic heterocycles. The zero-order valence-corrected chi connectivity index (χ0v) is 17.4. The monoisotopic (exact) mass is 424 g/mol. The van der Waals surface area contributed by atoms with Crippen molar-refractivity contribution < 1.29 is 27.1 Å². The van der Waals surface area contributed by atoms with Crippen molar-refractivity contribution >= 4 is 15.9 Å². The van der Waals surface area contributed by atoms with Gasteiger partial charge in [-0.2, -0.15) is 0 Å². The van der Waals surface area contributed by atoms with Crippen molar-refractivity contribution in [3.8, 4) is 11.5 Å². The van der Waals surface area contributed by atoms with Crippen LogP contribution in [0.25, 0.3) is 0 Å². The highest BCUT2D eigenvalue weighted by Gasteiger charge is 2.20. The van der Waals surface area contributed by atoms with Gasteiger partial charge in [0, 0.05) is 13.0 Å². The van der Waals surface area contributed by atoms with Crippen molar-refractivity contribution in [2.45, 2.75) is 18.9 Å². The third kappa shape index (κ3) is 7.35. The number of hydrogen-bond acceptors (Lipinski definition) is 5. The Balaban J connectivity index is 1.96. The van der Waals surface area contributed by atoms with Crippen molar-refractivity contribution in [3.05, 3.63) is 59.4 Å². The minimum atomic E-state index is -3.55. The van der Waals surface area contributed by atoms with Crippen molar-refractivity contribution in [3.63, 3.8) is 0 Å². The fraction of sp³-hybridized carbons (Fsp3) is 0.350.